The fourth-order valence-corrected chi connectivity index (χ4v) is 4.27. The van der Waals surface area contributed by atoms with Gasteiger partial charge in [-0.15, -0.1) is 0 Å². The number of rotatable bonds is 4. The number of ether oxygens (including phenoxy) is 1. The summed E-state index contributed by atoms with van der Waals surface area (Å²) in [6.45, 7) is 2.78. The van der Waals surface area contributed by atoms with Crippen LogP contribution in [0.1, 0.15) is 38.2 Å². The Morgan fingerprint density at radius 3 is 2.29 bits per heavy atom. The second-order valence-corrected chi connectivity index (χ2v) is 7.15. The zero-order chi connectivity index (χ0) is 17.3. The minimum absolute atomic E-state index is 0.000713. The van der Waals surface area contributed by atoms with E-state index in [1.165, 1.54) is 0 Å². The van der Waals surface area contributed by atoms with E-state index in [0.29, 0.717) is 13.1 Å². The molecule has 2 atom stereocenters. The van der Waals surface area contributed by atoms with Crippen LogP contribution in [0.3, 0.4) is 0 Å². The lowest BCUT2D eigenvalue weighted by molar-refractivity contribution is -0.142. The van der Waals surface area contributed by atoms with Gasteiger partial charge in [0.2, 0.25) is 5.91 Å². The van der Waals surface area contributed by atoms with Crippen LogP contribution in [0.4, 0.5) is 0 Å². The average molecular weight is 331 g/mol. The number of carboxylic acids is 1. The van der Waals surface area contributed by atoms with Gasteiger partial charge in [-0.2, -0.15) is 0 Å². The van der Waals surface area contributed by atoms with Crippen LogP contribution in [0.2, 0.25) is 0 Å². The Morgan fingerprint density at radius 2 is 1.79 bits per heavy atom. The quantitative estimate of drug-likeness (QED) is 0.921. The molecule has 24 heavy (non-hydrogen) atoms. The lowest BCUT2D eigenvalue weighted by Crippen LogP contribution is -2.44. The second-order valence-electron chi connectivity index (χ2n) is 7.15. The van der Waals surface area contributed by atoms with Crippen molar-refractivity contribution >= 4 is 11.9 Å². The van der Waals surface area contributed by atoms with Crippen molar-refractivity contribution in [3.63, 3.8) is 0 Å². The molecule has 0 unspecified atom stereocenters. The van der Waals surface area contributed by atoms with Gasteiger partial charge in [0.15, 0.2) is 0 Å². The molecule has 1 aliphatic heterocycles. The molecular formula is C19H25NO4. The molecular weight excluding hydrogens is 306 g/mol. The van der Waals surface area contributed by atoms with E-state index in [1.807, 2.05) is 31.2 Å². The van der Waals surface area contributed by atoms with Crippen LogP contribution < -0.4 is 4.74 Å². The van der Waals surface area contributed by atoms with Crippen LogP contribution in [0, 0.1) is 11.8 Å². The van der Waals surface area contributed by atoms with Gasteiger partial charge in [-0.05, 0) is 36.5 Å². The van der Waals surface area contributed by atoms with Crippen molar-refractivity contribution in [1.82, 2.24) is 4.90 Å². The first-order valence-corrected chi connectivity index (χ1v) is 8.64. The Labute approximate surface area is 142 Å². The van der Waals surface area contributed by atoms with Gasteiger partial charge in [0.25, 0.3) is 0 Å². The maximum absolute atomic E-state index is 13.3. The summed E-state index contributed by atoms with van der Waals surface area (Å²) in [6, 6.07) is 7.76. The summed E-state index contributed by atoms with van der Waals surface area (Å²) < 4.78 is 5.22. The van der Waals surface area contributed by atoms with E-state index in [9.17, 15) is 14.7 Å². The van der Waals surface area contributed by atoms with Crippen molar-refractivity contribution in [3.05, 3.63) is 29.8 Å². The first-order chi connectivity index (χ1) is 11.5. The molecule has 1 aromatic carbocycles. The maximum Gasteiger partial charge on any atom is 0.308 e. The van der Waals surface area contributed by atoms with E-state index in [2.05, 4.69) is 0 Å². The molecule has 1 N–H and O–H groups in total. The van der Waals surface area contributed by atoms with Crippen molar-refractivity contribution in [1.29, 1.82) is 0 Å². The Kier molecular flexibility index (Phi) is 4.52. The van der Waals surface area contributed by atoms with Crippen molar-refractivity contribution in [3.8, 4) is 5.75 Å². The molecule has 1 heterocycles. The Hall–Kier alpha value is -2.04. The molecule has 1 saturated heterocycles. The number of nitrogens with zero attached hydrogens (tertiary/aromatic N) is 1. The third kappa shape index (κ3) is 2.76. The molecule has 0 spiro atoms. The van der Waals surface area contributed by atoms with E-state index < -0.39 is 17.3 Å². The second kappa shape index (κ2) is 6.46. The molecule has 0 bridgehead atoms. The topological polar surface area (TPSA) is 66.8 Å². The summed E-state index contributed by atoms with van der Waals surface area (Å²) in [4.78, 5) is 26.5. The fraction of sp³-hybridized carbons (Fsp3) is 0.579. The van der Waals surface area contributed by atoms with Crippen molar-refractivity contribution < 1.29 is 19.4 Å². The Bertz CT molecular complexity index is 619. The van der Waals surface area contributed by atoms with Gasteiger partial charge in [-0.25, -0.2) is 0 Å². The minimum atomic E-state index is -0.803. The summed E-state index contributed by atoms with van der Waals surface area (Å²) in [7, 11) is 1.63. The SMILES string of the molecule is COc1ccc(C2(C(=O)N3C[C@@H](C)[C@H](C(=O)O)C3)CCCC2)cc1. The number of methoxy groups -OCH3 is 1. The molecule has 3 rings (SSSR count). The number of carbonyl (C=O) groups excluding carboxylic acids is 1. The van der Waals surface area contributed by atoms with Crippen LogP contribution in [-0.2, 0) is 15.0 Å². The number of aliphatic carboxylic acids is 1. The van der Waals surface area contributed by atoms with Crippen molar-refractivity contribution in [2.75, 3.05) is 20.2 Å². The first kappa shape index (κ1) is 16.8. The highest BCUT2D eigenvalue weighted by Crippen LogP contribution is 2.44. The highest BCUT2D eigenvalue weighted by atomic mass is 16.5. The highest BCUT2D eigenvalue weighted by molar-refractivity contribution is 5.89. The molecule has 1 aliphatic carbocycles. The van der Waals surface area contributed by atoms with Gasteiger partial charge in [0.1, 0.15) is 5.75 Å². The highest BCUT2D eigenvalue weighted by Gasteiger charge is 2.48. The maximum atomic E-state index is 13.3. The molecule has 2 fully saturated rings. The molecule has 1 amide bonds. The van der Waals surface area contributed by atoms with E-state index in [0.717, 1.165) is 37.0 Å². The van der Waals surface area contributed by atoms with Gasteiger partial charge < -0.3 is 14.7 Å². The molecule has 5 nitrogen and oxygen atoms in total. The number of amides is 1. The normalized spacial score (nSPS) is 25.7. The smallest absolute Gasteiger partial charge is 0.308 e. The van der Waals surface area contributed by atoms with Gasteiger partial charge >= 0.3 is 5.97 Å². The van der Waals surface area contributed by atoms with Crippen LogP contribution in [0.25, 0.3) is 0 Å². The Balaban J connectivity index is 1.87. The number of likely N-dealkylation sites (tertiary alicyclic amines) is 1. The van der Waals surface area contributed by atoms with E-state index in [-0.39, 0.29) is 11.8 Å². The summed E-state index contributed by atoms with van der Waals surface area (Å²) in [6.07, 6.45) is 3.73. The molecule has 1 aromatic rings. The summed E-state index contributed by atoms with van der Waals surface area (Å²) in [5, 5.41) is 9.34. The molecule has 0 aromatic heterocycles. The van der Waals surface area contributed by atoms with E-state index >= 15 is 0 Å². The van der Waals surface area contributed by atoms with Gasteiger partial charge in [-0.3, -0.25) is 9.59 Å². The van der Waals surface area contributed by atoms with E-state index in [1.54, 1.807) is 12.0 Å². The van der Waals surface area contributed by atoms with Gasteiger partial charge in [0, 0.05) is 13.1 Å². The number of carbonyl (C=O) groups is 2. The zero-order valence-electron chi connectivity index (χ0n) is 14.3. The summed E-state index contributed by atoms with van der Waals surface area (Å²) >= 11 is 0. The number of carboxylic acid groups (broad SMARTS) is 1. The van der Waals surface area contributed by atoms with Crippen molar-refractivity contribution in [2.24, 2.45) is 11.8 Å². The third-order valence-electron chi connectivity index (χ3n) is 5.73. The van der Waals surface area contributed by atoms with Gasteiger partial charge in [-0.1, -0.05) is 31.9 Å². The van der Waals surface area contributed by atoms with Gasteiger partial charge in [0.05, 0.1) is 18.4 Å². The number of hydrogen-bond donors (Lipinski definition) is 1. The standard InChI is InChI=1S/C19H25NO4/c1-13-11-20(12-16(13)17(21)22)18(23)19(9-3-4-10-19)14-5-7-15(24-2)8-6-14/h5-8,13,16H,3-4,9-12H2,1-2H3,(H,21,22)/t13-,16-/m1/s1. The minimum Gasteiger partial charge on any atom is -0.497 e. The third-order valence-corrected chi connectivity index (χ3v) is 5.73. The largest absolute Gasteiger partial charge is 0.497 e. The average Bonchev–Trinajstić information content (AvgIpc) is 3.22. The molecule has 1 saturated carbocycles. The molecule has 130 valence electrons. The molecule has 0 radical (unpaired) electrons. The predicted octanol–water partition coefficient (Wildman–Crippen LogP) is 2.69. The summed E-state index contributed by atoms with van der Waals surface area (Å²) in [5.41, 5.74) is 0.525. The first-order valence-electron chi connectivity index (χ1n) is 8.64. The number of hydrogen-bond acceptors (Lipinski definition) is 3. The van der Waals surface area contributed by atoms with E-state index in [4.69, 9.17) is 4.74 Å². The zero-order valence-corrected chi connectivity index (χ0v) is 14.3. The lowest BCUT2D eigenvalue weighted by Gasteiger charge is -2.33. The van der Waals surface area contributed by atoms with Crippen LogP contribution >= 0.6 is 0 Å². The van der Waals surface area contributed by atoms with Crippen LogP contribution in [0.5, 0.6) is 5.75 Å². The van der Waals surface area contributed by atoms with Crippen LogP contribution in [0.15, 0.2) is 24.3 Å². The monoisotopic (exact) mass is 331 g/mol. The predicted molar refractivity (Wildman–Crippen MR) is 90.0 cm³/mol. The number of benzene rings is 1. The van der Waals surface area contributed by atoms with Crippen molar-refractivity contribution in [2.45, 2.75) is 38.0 Å². The molecule has 2 aliphatic rings. The Morgan fingerprint density at radius 1 is 1.17 bits per heavy atom. The molecule has 5 heteroatoms. The lowest BCUT2D eigenvalue weighted by atomic mass is 9.77. The fourth-order valence-electron chi connectivity index (χ4n) is 4.27. The van der Waals surface area contributed by atoms with Crippen LogP contribution in [-0.4, -0.2) is 42.1 Å². The summed E-state index contributed by atoms with van der Waals surface area (Å²) in [5.74, 6) is -0.382.